The molecule has 0 amide bonds. The highest BCUT2D eigenvalue weighted by molar-refractivity contribution is 5.44. The predicted molar refractivity (Wildman–Crippen MR) is 79.1 cm³/mol. The first-order valence-electron chi connectivity index (χ1n) is 7.17. The minimum Gasteiger partial charge on any atom is -0.371 e. The fraction of sp³-hybridized carbons (Fsp3) is 0.667. The van der Waals surface area contributed by atoms with Crippen LogP contribution in [0.4, 0.5) is 5.69 Å². The Bertz CT molecular complexity index is 321. The first kappa shape index (κ1) is 15.0. The molecule has 1 aromatic heterocycles. The normalized spacial score (nSPS) is 12.4. The van der Waals surface area contributed by atoms with Gasteiger partial charge in [0.15, 0.2) is 0 Å². The molecular weight excluding hydrogens is 222 g/mol. The van der Waals surface area contributed by atoms with E-state index in [4.69, 9.17) is 0 Å². The zero-order valence-corrected chi connectivity index (χ0v) is 12.2. The molecule has 1 aromatic rings. The van der Waals surface area contributed by atoms with Gasteiger partial charge in [0.1, 0.15) is 0 Å². The molecule has 0 bridgehead atoms. The Labute approximate surface area is 112 Å². The van der Waals surface area contributed by atoms with Gasteiger partial charge in [-0.25, -0.2) is 0 Å². The maximum absolute atomic E-state index is 4.58. The third-order valence-electron chi connectivity index (χ3n) is 3.16. The Kier molecular flexibility index (Phi) is 6.73. The fourth-order valence-electron chi connectivity index (χ4n) is 2.05. The Morgan fingerprint density at radius 3 is 2.50 bits per heavy atom. The van der Waals surface area contributed by atoms with Gasteiger partial charge in [-0.05, 0) is 45.4 Å². The van der Waals surface area contributed by atoms with Crippen LogP contribution in [0.15, 0.2) is 18.3 Å². The first-order valence-corrected chi connectivity index (χ1v) is 7.17. The van der Waals surface area contributed by atoms with Crippen molar-refractivity contribution in [2.45, 2.75) is 46.6 Å². The molecule has 1 N–H and O–H groups in total. The smallest absolute Gasteiger partial charge is 0.0572 e. The number of aromatic nitrogens is 1. The van der Waals surface area contributed by atoms with Crippen molar-refractivity contribution in [3.05, 3.63) is 24.0 Å². The SMILES string of the molecule is CCCNC(C)c1ccc(N(CC)CCC)cn1. The largest absolute Gasteiger partial charge is 0.371 e. The lowest BCUT2D eigenvalue weighted by molar-refractivity contribution is 0.558. The summed E-state index contributed by atoms with van der Waals surface area (Å²) in [5, 5.41) is 3.46. The van der Waals surface area contributed by atoms with Crippen LogP contribution in [0.25, 0.3) is 0 Å². The molecule has 0 radical (unpaired) electrons. The van der Waals surface area contributed by atoms with E-state index in [1.165, 1.54) is 12.1 Å². The summed E-state index contributed by atoms with van der Waals surface area (Å²) in [5.74, 6) is 0. The highest BCUT2D eigenvalue weighted by Gasteiger charge is 2.07. The van der Waals surface area contributed by atoms with E-state index in [0.717, 1.165) is 31.7 Å². The maximum atomic E-state index is 4.58. The highest BCUT2D eigenvalue weighted by Crippen LogP contribution is 2.16. The molecule has 0 spiro atoms. The molecule has 0 aliphatic carbocycles. The summed E-state index contributed by atoms with van der Waals surface area (Å²) in [7, 11) is 0. The molecule has 3 nitrogen and oxygen atoms in total. The van der Waals surface area contributed by atoms with Crippen molar-refractivity contribution in [3.8, 4) is 0 Å². The summed E-state index contributed by atoms with van der Waals surface area (Å²) in [6.45, 7) is 11.9. The van der Waals surface area contributed by atoms with E-state index in [1.807, 2.05) is 6.20 Å². The van der Waals surface area contributed by atoms with Gasteiger partial charge in [-0.15, -0.1) is 0 Å². The summed E-state index contributed by atoms with van der Waals surface area (Å²) >= 11 is 0. The van der Waals surface area contributed by atoms with E-state index in [2.05, 4.69) is 55.0 Å². The Hall–Kier alpha value is -1.09. The van der Waals surface area contributed by atoms with Crippen LogP contribution < -0.4 is 10.2 Å². The van der Waals surface area contributed by atoms with Crippen molar-refractivity contribution in [2.24, 2.45) is 0 Å². The Morgan fingerprint density at radius 2 is 2.00 bits per heavy atom. The van der Waals surface area contributed by atoms with E-state index < -0.39 is 0 Å². The second-order valence-corrected chi connectivity index (χ2v) is 4.70. The zero-order valence-electron chi connectivity index (χ0n) is 12.2. The van der Waals surface area contributed by atoms with Crippen molar-refractivity contribution < 1.29 is 0 Å². The molecule has 0 saturated heterocycles. The molecule has 0 saturated carbocycles. The number of nitrogens with one attached hydrogen (secondary N) is 1. The lowest BCUT2D eigenvalue weighted by Gasteiger charge is -2.22. The highest BCUT2D eigenvalue weighted by atomic mass is 15.1. The molecule has 0 aliphatic heterocycles. The van der Waals surface area contributed by atoms with E-state index in [9.17, 15) is 0 Å². The molecule has 102 valence electrons. The summed E-state index contributed by atoms with van der Waals surface area (Å²) < 4.78 is 0. The number of rotatable bonds is 8. The van der Waals surface area contributed by atoms with Gasteiger partial charge >= 0.3 is 0 Å². The van der Waals surface area contributed by atoms with Crippen molar-refractivity contribution in [3.63, 3.8) is 0 Å². The van der Waals surface area contributed by atoms with Gasteiger partial charge < -0.3 is 10.2 Å². The molecule has 0 fully saturated rings. The number of pyridine rings is 1. The minimum absolute atomic E-state index is 0.334. The van der Waals surface area contributed by atoms with Crippen molar-refractivity contribution >= 4 is 5.69 Å². The van der Waals surface area contributed by atoms with Crippen LogP contribution in [-0.4, -0.2) is 24.6 Å². The third kappa shape index (κ3) is 4.30. The molecule has 1 rings (SSSR count). The van der Waals surface area contributed by atoms with E-state index in [0.29, 0.717) is 6.04 Å². The number of anilines is 1. The van der Waals surface area contributed by atoms with Crippen molar-refractivity contribution in [1.82, 2.24) is 10.3 Å². The lowest BCUT2D eigenvalue weighted by atomic mass is 10.2. The van der Waals surface area contributed by atoms with Gasteiger partial charge in [0.25, 0.3) is 0 Å². The number of hydrogen-bond donors (Lipinski definition) is 1. The first-order chi connectivity index (χ1) is 8.72. The van der Waals surface area contributed by atoms with Crippen LogP contribution in [0.2, 0.25) is 0 Å². The predicted octanol–water partition coefficient (Wildman–Crippen LogP) is 3.38. The minimum atomic E-state index is 0.334. The summed E-state index contributed by atoms with van der Waals surface area (Å²) in [5.41, 5.74) is 2.35. The molecule has 0 aromatic carbocycles. The van der Waals surface area contributed by atoms with Crippen LogP contribution in [-0.2, 0) is 0 Å². The summed E-state index contributed by atoms with van der Waals surface area (Å²) in [4.78, 5) is 6.94. The molecule has 0 aliphatic rings. The van der Waals surface area contributed by atoms with Crippen LogP contribution in [0, 0.1) is 0 Å². The van der Waals surface area contributed by atoms with Gasteiger partial charge in [-0.3, -0.25) is 4.98 Å². The van der Waals surface area contributed by atoms with Crippen molar-refractivity contribution in [1.29, 1.82) is 0 Å². The second kappa shape index (κ2) is 8.09. The second-order valence-electron chi connectivity index (χ2n) is 4.70. The average Bonchev–Trinajstić information content (AvgIpc) is 2.42. The Morgan fingerprint density at radius 1 is 1.22 bits per heavy atom. The van der Waals surface area contributed by atoms with Gasteiger partial charge in [-0.1, -0.05) is 13.8 Å². The number of nitrogens with zero attached hydrogens (tertiary/aromatic N) is 2. The van der Waals surface area contributed by atoms with Crippen LogP contribution in [0.5, 0.6) is 0 Å². The van der Waals surface area contributed by atoms with Gasteiger partial charge in [0.2, 0.25) is 0 Å². The van der Waals surface area contributed by atoms with Crippen LogP contribution in [0.3, 0.4) is 0 Å². The molecular formula is C15H27N3. The topological polar surface area (TPSA) is 28.2 Å². The zero-order chi connectivity index (χ0) is 13.4. The standard InChI is InChI=1S/C15H27N3/c1-5-10-16-13(4)15-9-8-14(12-17-15)18(7-3)11-6-2/h8-9,12-13,16H,5-7,10-11H2,1-4H3. The molecule has 1 heterocycles. The molecule has 1 atom stereocenters. The van der Waals surface area contributed by atoms with E-state index in [1.54, 1.807) is 0 Å². The van der Waals surface area contributed by atoms with E-state index >= 15 is 0 Å². The van der Waals surface area contributed by atoms with Gasteiger partial charge in [-0.2, -0.15) is 0 Å². The van der Waals surface area contributed by atoms with Gasteiger partial charge in [0, 0.05) is 19.1 Å². The molecule has 18 heavy (non-hydrogen) atoms. The quantitative estimate of drug-likeness (QED) is 0.765. The lowest BCUT2D eigenvalue weighted by Crippen LogP contribution is -2.24. The van der Waals surface area contributed by atoms with Crippen LogP contribution in [0.1, 0.15) is 52.3 Å². The average molecular weight is 249 g/mol. The third-order valence-corrected chi connectivity index (χ3v) is 3.16. The van der Waals surface area contributed by atoms with Gasteiger partial charge in [0.05, 0.1) is 17.6 Å². The van der Waals surface area contributed by atoms with E-state index in [-0.39, 0.29) is 0 Å². The molecule has 1 unspecified atom stereocenters. The molecule has 3 heteroatoms. The summed E-state index contributed by atoms with van der Waals surface area (Å²) in [6, 6.07) is 4.66. The number of hydrogen-bond acceptors (Lipinski definition) is 3. The van der Waals surface area contributed by atoms with Crippen molar-refractivity contribution in [2.75, 3.05) is 24.5 Å². The summed E-state index contributed by atoms with van der Waals surface area (Å²) in [6.07, 6.45) is 4.32. The Balaban J connectivity index is 2.66. The fourth-order valence-corrected chi connectivity index (χ4v) is 2.05. The maximum Gasteiger partial charge on any atom is 0.0572 e. The monoisotopic (exact) mass is 249 g/mol. The van der Waals surface area contributed by atoms with Crippen LogP contribution >= 0.6 is 0 Å².